The van der Waals surface area contributed by atoms with Gasteiger partial charge in [-0.05, 0) is 24.9 Å². The van der Waals surface area contributed by atoms with Crippen LogP contribution in [0.15, 0.2) is 30.3 Å². The molecular formula is C17H29N3. The van der Waals surface area contributed by atoms with Crippen molar-refractivity contribution in [3.63, 3.8) is 0 Å². The minimum atomic E-state index is 0.135. The zero-order valence-corrected chi connectivity index (χ0v) is 13.1. The number of hydrogen-bond donors (Lipinski definition) is 1. The first-order valence-corrected chi connectivity index (χ1v) is 7.85. The largest absolute Gasteiger partial charge is 0.324 e. The molecule has 2 N–H and O–H groups in total. The third kappa shape index (κ3) is 3.81. The molecule has 1 aliphatic heterocycles. The normalized spacial score (nSPS) is 24.5. The molecule has 1 aromatic rings. The van der Waals surface area contributed by atoms with Crippen molar-refractivity contribution in [3.8, 4) is 0 Å². The molecule has 112 valence electrons. The van der Waals surface area contributed by atoms with Crippen molar-refractivity contribution in [2.75, 3.05) is 33.2 Å². The zero-order chi connectivity index (χ0) is 14.5. The molecule has 1 aliphatic rings. The van der Waals surface area contributed by atoms with Crippen molar-refractivity contribution in [1.29, 1.82) is 0 Å². The quantitative estimate of drug-likeness (QED) is 0.895. The van der Waals surface area contributed by atoms with Crippen molar-refractivity contribution in [3.05, 3.63) is 35.9 Å². The van der Waals surface area contributed by atoms with Crippen molar-refractivity contribution in [2.24, 2.45) is 11.7 Å². The van der Waals surface area contributed by atoms with Gasteiger partial charge < -0.3 is 15.5 Å². The van der Waals surface area contributed by atoms with Crippen LogP contribution in [0, 0.1) is 5.92 Å². The summed E-state index contributed by atoms with van der Waals surface area (Å²) in [5.74, 6) is 0.485. The molecule has 0 saturated carbocycles. The summed E-state index contributed by atoms with van der Waals surface area (Å²) in [6.45, 7) is 9.17. The van der Waals surface area contributed by atoms with Gasteiger partial charge in [0, 0.05) is 38.3 Å². The summed E-state index contributed by atoms with van der Waals surface area (Å²) in [5.41, 5.74) is 7.66. The van der Waals surface area contributed by atoms with Crippen LogP contribution in [0.25, 0.3) is 0 Å². The SMILES string of the molecule is CCC1CN(CC(C)C(N)c2ccccc2)CCN1C. The molecule has 0 radical (unpaired) electrons. The summed E-state index contributed by atoms with van der Waals surface area (Å²) in [5, 5.41) is 0. The van der Waals surface area contributed by atoms with Gasteiger partial charge in [-0.2, -0.15) is 0 Å². The van der Waals surface area contributed by atoms with Gasteiger partial charge in [0.2, 0.25) is 0 Å². The Balaban J connectivity index is 1.89. The lowest BCUT2D eigenvalue weighted by molar-refractivity contribution is 0.0803. The van der Waals surface area contributed by atoms with E-state index >= 15 is 0 Å². The topological polar surface area (TPSA) is 32.5 Å². The number of rotatable bonds is 5. The summed E-state index contributed by atoms with van der Waals surface area (Å²) >= 11 is 0. The molecule has 0 bridgehead atoms. The highest BCUT2D eigenvalue weighted by molar-refractivity contribution is 5.19. The third-order valence-electron chi connectivity index (χ3n) is 4.68. The lowest BCUT2D eigenvalue weighted by Gasteiger charge is -2.40. The number of nitrogens with zero attached hydrogens (tertiary/aromatic N) is 2. The third-order valence-corrected chi connectivity index (χ3v) is 4.68. The number of benzene rings is 1. The first kappa shape index (κ1) is 15.5. The summed E-state index contributed by atoms with van der Waals surface area (Å²) in [4.78, 5) is 5.07. The van der Waals surface area contributed by atoms with Gasteiger partial charge in [0.25, 0.3) is 0 Å². The summed E-state index contributed by atoms with van der Waals surface area (Å²) in [6, 6.07) is 11.3. The Kier molecular flexibility index (Phi) is 5.58. The summed E-state index contributed by atoms with van der Waals surface area (Å²) in [6.07, 6.45) is 1.23. The Morgan fingerprint density at radius 3 is 2.60 bits per heavy atom. The van der Waals surface area contributed by atoms with Gasteiger partial charge in [0.15, 0.2) is 0 Å². The van der Waals surface area contributed by atoms with Crippen LogP contribution in [0.2, 0.25) is 0 Å². The molecule has 0 aromatic heterocycles. The van der Waals surface area contributed by atoms with E-state index < -0.39 is 0 Å². The molecule has 0 amide bonds. The fourth-order valence-corrected chi connectivity index (χ4v) is 3.14. The molecule has 0 aliphatic carbocycles. The first-order chi connectivity index (χ1) is 9.61. The number of piperazine rings is 1. The van der Waals surface area contributed by atoms with Crippen LogP contribution in [0.4, 0.5) is 0 Å². The van der Waals surface area contributed by atoms with Gasteiger partial charge in [-0.3, -0.25) is 0 Å². The maximum atomic E-state index is 6.41. The average Bonchev–Trinajstić information content (AvgIpc) is 2.49. The predicted octanol–water partition coefficient (Wildman–Crippen LogP) is 2.35. The van der Waals surface area contributed by atoms with Crippen molar-refractivity contribution in [1.82, 2.24) is 9.80 Å². The second-order valence-electron chi connectivity index (χ2n) is 6.22. The lowest BCUT2D eigenvalue weighted by Crippen LogP contribution is -2.52. The van der Waals surface area contributed by atoms with Crippen molar-refractivity contribution < 1.29 is 0 Å². The van der Waals surface area contributed by atoms with Crippen LogP contribution in [-0.2, 0) is 0 Å². The summed E-state index contributed by atoms with van der Waals surface area (Å²) < 4.78 is 0. The zero-order valence-electron chi connectivity index (χ0n) is 13.1. The van der Waals surface area contributed by atoms with Crippen molar-refractivity contribution >= 4 is 0 Å². The fourth-order valence-electron chi connectivity index (χ4n) is 3.14. The number of likely N-dealkylation sites (N-methyl/N-ethyl adjacent to an activating group) is 1. The minimum absolute atomic E-state index is 0.135. The van der Waals surface area contributed by atoms with E-state index in [1.807, 2.05) is 6.07 Å². The Hall–Kier alpha value is -0.900. The molecule has 3 atom stereocenters. The van der Waals surface area contributed by atoms with E-state index in [2.05, 4.69) is 55.0 Å². The van der Waals surface area contributed by atoms with Gasteiger partial charge in [-0.15, -0.1) is 0 Å². The lowest BCUT2D eigenvalue weighted by atomic mass is 9.94. The Labute approximate surface area is 123 Å². The van der Waals surface area contributed by atoms with Crippen LogP contribution >= 0.6 is 0 Å². The van der Waals surface area contributed by atoms with Crippen molar-refractivity contribution in [2.45, 2.75) is 32.4 Å². The molecule has 20 heavy (non-hydrogen) atoms. The van der Waals surface area contributed by atoms with E-state index in [0.717, 1.165) is 6.54 Å². The van der Waals surface area contributed by atoms with Crippen LogP contribution < -0.4 is 5.73 Å². The molecule has 3 heteroatoms. The molecule has 1 saturated heterocycles. The highest BCUT2D eigenvalue weighted by Crippen LogP contribution is 2.21. The molecule has 2 rings (SSSR count). The van der Waals surface area contributed by atoms with E-state index in [-0.39, 0.29) is 6.04 Å². The maximum Gasteiger partial charge on any atom is 0.0333 e. The van der Waals surface area contributed by atoms with Gasteiger partial charge in [0.05, 0.1) is 0 Å². The predicted molar refractivity (Wildman–Crippen MR) is 85.7 cm³/mol. The molecule has 3 unspecified atom stereocenters. The molecular weight excluding hydrogens is 246 g/mol. The monoisotopic (exact) mass is 275 g/mol. The van der Waals surface area contributed by atoms with Gasteiger partial charge in [-0.1, -0.05) is 44.2 Å². The Bertz CT molecular complexity index is 392. The van der Waals surface area contributed by atoms with Crippen LogP contribution in [0.3, 0.4) is 0 Å². The molecule has 1 heterocycles. The molecule has 0 spiro atoms. The van der Waals surface area contributed by atoms with Crippen LogP contribution in [0.5, 0.6) is 0 Å². The Morgan fingerprint density at radius 2 is 1.95 bits per heavy atom. The maximum absolute atomic E-state index is 6.41. The molecule has 1 fully saturated rings. The van der Waals surface area contributed by atoms with E-state index in [1.165, 1.54) is 31.6 Å². The van der Waals surface area contributed by atoms with Crippen LogP contribution in [0.1, 0.15) is 31.9 Å². The second-order valence-corrected chi connectivity index (χ2v) is 6.22. The molecule has 1 aromatic carbocycles. The van der Waals surface area contributed by atoms with E-state index in [0.29, 0.717) is 12.0 Å². The highest BCUT2D eigenvalue weighted by atomic mass is 15.3. The Morgan fingerprint density at radius 1 is 1.25 bits per heavy atom. The van der Waals surface area contributed by atoms with Gasteiger partial charge in [0.1, 0.15) is 0 Å². The van der Waals surface area contributed by atoms with Crippen LogP contribution in [-0.4, -0.2) is 49.1 Å². The highest BCUT2D eigenvalue weighted by Gasteiger charge is 2.25. The van der Waals surface area contributed by atoms with E-state index in [9.17, 15) is 0 Å². The first-order valence-electron chi connectivity index (χ1n) is 7.85. The number of nitrogens with two attached hydrogens (primary N) is 1. The smallest absolute Gasteiger partial charge is 0.0333 e. The fraction of sp³-hybridized carbons (Fsp3) is 0.647. The molecule has 3 nitrogen and oxygen atoms in total. The van der Waals surface area contributed by atoms with E-state index in [4.69, 9.17) is 5.73 Å². The average molecular weight is 275 g/mol. The standard InChI is InChI=1S/C17H29N3/c1-4-16-13-20(11-10-19(16)3)12-14(2)17(18)15-8-6-5-7-9-15/h5-9,14,16-17H,4,10-13,18H2,1-3H3. The summed E-state index contributed by atoms with van der Waals surface area (Å²) in [7, 11) is 2.24. The van der Waals surface area contributed by atoms with Gasteiger partial charge >= 0.3 is 0 Å². The number of hydrogen-bond acceptors (Lipinski definition) is 3. The van der Waals surface area contributed by atoms with Gasteiger partial charge in [-0.25, -0.2) is 0 Å². The van der Waals surface area contributed by atoms with E-state index in [1.54, 1.807) is 0 Å². The minimum Gasteiger partial charge on any atom is -0.324 e. The second kappa shape index (κ2) is 7.21.